The topological polar surface area (TPSA) is 45.9 Å². The van der Waals surface area contributed by atoms with E-state index in [0.717, 1.165) is 34.5 Å². The molecule has 1 N–H and O–H groups in total. The number of amides is 2. The van der Waals surface area contributed by atoms with Gasteiger partial charge in [0.25, 0.3) is 7.05 Å². The maximum Gasteiger partial charge on any atom is 0.317 e. The number of benzene rings is 1. The smallest absolute Gasteiger partial charge is 0.317 e. The Bertz CT molecular complexity index is 614. The van der Waals surface area contributed by atoms with E-state index in [4.69, 9.17) is 4.74 Å². The Hall–Kier alpha value is -2.22. The van der Waals surface area contributed by atoms with Crippen molar-refractivity contribution in [2.45, 2.75) is 20.8 Å². The van der Waals surface area contributed by atoms with E-state index < -0.39 is 0 Å². The molecule has 5 heteroatoms. The summed E-state index contributed by atoms with van der Waals surface area (Å²) in [4.78, 5) is 17.2. The van der Waals surface area contributed by atoms with Crippen molar-refractivity contribution in [2.75, 3.05) is 33.3 Å². The summed E-state index contributed by atoms with van der Waals surface area (Å²) in [6.45, 7) is 8.64. The summed E-state index contributed by atoms with van der Waals surface area (Å²) in [6.07, 6.45) is 0. The van der Waals surface area contributed by atoms with Gasteiger partial charge in [-0.1, -0.05) is 10.9 Å². The van der Waals surface area contributed by atoms with Gasteiger partial charge in [0, 0.05) is 18.7 Å². The van der Waals surface area contributed by atoms with Crippen LogP contribution in [-0.4, -0.2) is 44.2 Å². The van der Waals surface area contributed by atoms with E-state index in [9.17, 15) is 4.79 Å². The predicted octanol–water partition coefficient (Wildman–Crippen LogP) is 2.33. The molecule has 1 saturated heterocycles. The summed E-state index contributed by atoms with van der Waals surface area (Å²) in [5.41, 5.74) is 4.26. The Morgan fingerprint density at radius 3 is 2.76 bits per heavy atom. The zero-order valence-corrected chi connectivity index (χ0v) is 13.1. The molecular weight excluding hydrogens is 266 g/mol. The molecule has 1 fully saturated rings. The molecule has 0 saturated carbocycles. The maximum absolute atomic E-state index is 11.5. The Kier molecular flexibility index (Phi) is 4.69. The van der Waals surface area contributed by atoms with Crippen LogP contribution < -0.4 is 10.1 Å². The molecule has 1 aromatic rings. The third-order valence-corrected chi connectivity index (χ3v) is 3.68. The van der Waals surface area contributed by atoms with Crippen LogP contribution in [-0.2, 0) is 0 Å². The van der Waals surface area contributed by atoms with Crippen LogP contribution in [0.1, 0.15) is 22.3 Å². The number of carbonyl (C=O) groups is 1. The van der Waals surface area contributed by atoms with Gasteiger partial charge in [0.1, 0.15) is 17.9 Å². The van der Waals surface area contributed by atoms with Crippen LogP contribution in [0.2, 0.25) is 0 Å². The van der Waals surface area contributed by atoms with Gasteiger partial charge in [0.2, 0.25) is 0 Å². The van der Waals surface area contributed by atoms with Gasteiger partial charge in [-0.15, -0.1) is 0 Å². The van der Waals surface area contributed by atoms with Crippen LogP contribution in [0.3, 0.4) is 0 Å². The minimum Gasteiger partial charge on any atom is -0.491 e. The summed E-state index contributed by atoms with van der Waals surface area (Å²) in [5, 5.41) is 2.78. The van der Waals surface area contributed by atoms with E-state index in [1.807, 2.05) is 20.8 Å². The van der Waals surface area contributed by atoms with Gasteiger partial charge in [0.15, 0.2) is 0 Å². The molecule has 0 unspecified atom stereocenters. The minimum absolute atomic E-state index is 0.0110. The molecule has 112 valence electrons. The Labute approximate surface area is 125 Å². The van der Waals surface area contributed by atoms with E-state index in [0.29, 0.717) is 19.7 Å². The van der Waals surface area contributed by atoms with Gasteiger partial charge >= 0.3 is 12.1 Å². The van der Waals surface area contributed by atoms with Crippen molar-refractivity contribution in [2.24, 2.45) is 0 Å². The lowest BCUT2D eigenvalue weighted by atomic mass is 9.99. The lowest BCUT2D eigenvalue weighted by Gasteiger charge is -2.17. The molecule has 0 spiro atoms. The first-order chi connectivity index (χ1) is 10.0. The fourth-order valence-electron chi connectivity index (χ4n) is 2.66. The number of nitrogens with one attached hydrogen (secondary N) is 1. The van der Waals surface area contributed by atoms with Crippen molar-refractivity contribution in [3.63, 3.8) is 0 Å². The molecule has 21 heavy (non-hydrogen) atoms. The first-order valence-corrected chi connectivity index (χ1v) is 7.15. The number of hydrogen-bond donors (Lipinski definition) is 1. The highest BCUT2D eigenvalue weighted by Crippen LogP contribution is 2.28. The number of urea groups is 1. The molecule has 2 rings (SSSR count). The van der Waals surface area contributed by atoms with Gasteiger partial charge in [0.05, 0.1) is 6.54 Å². The average molecular weight is 288 g/mol. The monoisotopic (exact) mass is 288 g/mol. The third-order valence-electron chi connectivity index (χ3n) is 3.68. The number of nitrogens with zero attached hydrogens (tertiary/aromatic N) is 2. The van der Waals surface area contributed by atoms with Crippen molar-refractivity contribution >= 4 is 6.03 Å². The van der Waals surface area contributed by atoms with E-state index in [2.05, 4.69) is 22.3 Å². The second kappa shape index (κ2) is 6.49. The number of carbonyl (C=O) groups excluding carboxylic acids is 1. The first-order valence-electron chi connectivity index (χ1n) is 7.15. The Balaban J connectivity index is 2.10. The second-order valence-electron chi connectivity index (χ2n) is 5.24. The van der Waals surface area contributed by atoms with Crippen LogP contribution >= 0.6 is 0 Å². The maximum atomic E-state index is 11.5. The molecule has 0 atom stereocenters. The van der Waals surface area contributed by atoms with Crippen LogP contribution in [0.15, 0.2) is 6.07 Å². The Morgan fingerprint density at radius 2 is 2.14 bits per heavy atom. The summed E-state index contributed by atoms with van der Waals surface area (Å²) in [7, 11) is 1.71. The predicted molar refractivity (Wildman–Crippen MR) is 83.4 cm³/mol. The van der Waals surface area contributed by atoms with Crippen molar-refractivity contribution in [1.29, 1.82) is 0 Å². The fourth-order valence-corrected chi connectivity index (χ4v) is 2.66. The molecule has 0 radical (unpaired) electrons. The van der Waals surface area contributed by atoms with Gasteiger partial charge in [-0.2, -0.15) is 0 Å². The standard InChI is InChI=1S/C16H21N3O2/c1-11-9-12(2)15(13(3)14(11)10-17-4)21-8-7-19-6-5-18-16(19)20/h9H,5-8H2,1-4H3/p+1. The molecule has 1 heterocycles. The van der Waals surface area contributed by atoms with Crippen LogP contribution in [0.4, 0.5) is 4.79 Å². The molecule has 1 aromatic carbocycles. The van der Waals surface area contributed by atoms with Crippen LogP contribution in [0.25, 0.3) is 4.85 Å². The van der Waals surface area contributed by atoms with Crippen LogP contribution in [0.5, 0.6) is 5.75 Å². The molecule has 5 nitrogen and oxygen atoms in total. The van der Waals surface area contributed by atoms with E-state index in [-0.39, 0.29) is 6.03 Å². The highest BCUT2D eigenvalue weighted by Gasteiger charge is 2.19. The van der Waals surface area contributed by atoms with Crippen molar-refractivity contribution < 1.29 is 9.53 Å². The SMILES string of the molecule is C[N+]#Cc1c(C)cc(C)c(OCCN2CCNC2=O)c1C. The number of rotatable bonds is 4. The molecule has 2 amide bonds. The summed E-state index contributed by atoms with van der Waals surface area (Å²) < 4.78 is 5.92. The molecular formula is C16H22N3O2+. The molecule has 1 aliphatic heterocycles. The normalized spacial score (nSPS) is 13.7. The highest BCUT2D eigenvalue weighted by atomic mass is 16.5. The summed E-state index contributed by atoms with van der Waals surface area (Å²) in [6, 6.07) is 5.09. The van der Waals surface area contributed by atoms with Crippen LogP contribution in [0, 0.1) is 26.8 Å². The number of ether oxygens (including phenoxy) is 1. The van der Waals surface area contributed by atoms with Gasteiger partial charge in [-0.25, -0.2) is 4.79 Å². The second-order valence-corrected chi connectivity index (χ2v) is 5.24. The lowest BCUT2D eigenvalue weighted by molar-refractivity contribution is 0.202. The molecule has 1 aliphatic rings. The van der Waals surface area contributed by atoms with Crippen molar-refractivity contribution in [3.8, 4) is 11.8 Å². The van der Waals surface area contributed by atoms with Gasteiger partial charge in [-0.3, -0.25) is 0 Å². The quantitative estimate of drug-likeness (QED) is 0.924. The number of hydrogen-bond acceptors (Lipinski definition) is 2. The molecule has 0 bridgehead atoms. The Morgan fingerprint density at radius 1 is 1.38 bits per heavy atom. The lowest BCUT2D eigenvalue weighted by Crippen LogP contribution is -2.32. The summed E-state index contributed by atoms with van der Waals surface area (Å²) >= 11 is 0. The number of aryl methyl sites for hydroxylation is 2. The largest absolute Gasteiger partial charge is 0.491 e. The minimum atomic E-state index is -0.0110. The van der Waals surface area contributed by atoms with E-state index >= 15 is 0 Å². The fraction of sp³-hybridized carbons (Fsp3) is 0.500. The van der Waals surface area contributed by atoms with Gasteiger partial charge in [-0.05, 0) is 31.9 Å². The van der Waals surface area contributed by atoms with Crippen molar-refractivity contribution in [1.82, 2.24) is 10.2 Å². The molecule has 0 aliphatic carbocycles. The first kappa shape index (κ1) is 15.2. The van der Waals surface area contributed by atoms with E-state index in [1.54, 1.807) is 11.9 Å². The van der Waals surface area contributed by atoms with E-state index in [1.165, 1.54) is 0 Å². The molecule has 0 aromatic heterocycles. The third kappa shape index (κ3) is 3.27. The van der Waals surface area contributed by atoms with Gasteiger partial charge < -0.3 is 15.0 Å². The highest BCUT2D eigenvalue weighted by molar-refractivity contribution is 5.76. The zero-order valence-electron chi connectivity index (χ0n) is 13.1. The average Bonchev–Trinajstić information content (AvgIpc) is 2.84. The summed E-state index contributed by atoms with van der Waals surface area (Å²) in [5.74, 6) is 0.867. The zero-order chi connectivity index (χ0) is 15.4. The van der Waals surface area contributed by atoms with Crippen molar-refractivity contribution in [3.05, 3.63) is 33.2 Å².